The molecule has 0 aromatic rings. The van der Waals surface area contributed by atoms with Gasteiger partial charge in [-0.25, -0.2) is 0 Å². The largest absolute Gasteiger partial charge is 0.370 e. The maximum Gasteiger partial charge on any atom is 0.0844 e. The van der Waals surface area contributed by atoms with E-state index in [2.05, 4.69) is 13.8 Å². The molecule has 1 heteroatoms. The predicted molar refractivity (Wildman–Crippen MR) is 59.3 cm³/mol. The van der Waals surface area contributed by atoms with Crippen molar-refractivity contribution in [2.24, 2.45) is 11.8 Å². The van der Waals surface area contributed by atoms with E-state index in [1.165, 1.54) is 44.9 Å². The minimum atomic E-state index is 0.684. The number of hydrogen-bond donors (Lipinski definition) is 0. The van der Waals surface area contributed by atoms with Crippen LogP contribution in [0, 0.1) is 11.8 Å². The fourth-order valence-corrected chi connectivity index (χ4v) is 2.38. The molecule has 1 aliphatic heterocycles. The lowest BCUT2D eigenvalue weighted by molar-refractivity contribution is 0.357. The normalized spacial score (nSPS) is 39.4. The second-order valence-electron chi connectivity index (χ2n) is 5.15. The van der Waals surface area contributed by atoms with Crippen LogP contribution in [0.15, 0.2) is 0 Å². The SMILES string of the molecule is CCC1CC1.CCC1CCC2OC2C1. The van der Waals surface area contributed by atoms with Gasteiger partial charge in [-0.2, -0.15) is 0 Å². The van der Waals surface area contributed by atoms with Gasteiger partial charge in [0.2, 0.25) is 0 Å². The van der Waals surface area contributed by atoms with Crippen LogP contribution in [0.5, 0.6) is 0 Å². The molecule has 0 amide bonds. The summed E-state index contributed by atoms with van der Waals surface area (Å²) in [6, 6.07) is 0. The molecule has 82 valence electrons. The van der Waals surface area contributed by atoms with Gasteiger partial charge < -0.3 is 4.74 Å². The fraction of sp³-hybridized carbons (Fsp3) is 1.00. The zero-order chi connectivity index (χ0) is 9.97. The number of hydrogen-bond acceptors (Lipinski definition) is 1. The van der Waals surface area contributed by atoms with Crippen LogP contribution in [0.4, 0.5) is 0 Å². The zero-order valence-electron chi connectivity index (χ0n) is 9.67. The van der Waals surface area contributed by atoms with E-state index in [1.807, 2.05) is 0 Å². The first-order valence-corrected chi connectivity index (χ1v) is 6.48. The predicted octanol–water partition coefficient (Wildman–Crippen LogP) is 3.77. The summed E-state index contributed by atoms with van der Waals surface area (Å²) in [7, 11) is 0. The molecule has 3 aliphatic rings. The Bertz CT molecular complexity index is 174. The van der Waals surface area contributed by atoms with Gasteiger partial charge in [0, 0.05) is 0 Å². The summed E-state index contributed by atoms with van der Waals surface area (Å²) in [4.78, 5) is 0. The number of rotatable bonds is 2. The van der Waals surface area contributed by atoms with E-state index in [0.29, 0.717) is 12.2 Å². The Balaban J connectivity index is 0.000000128. The van der Waals surface area contributed by atoms with Crippen LogP contribution in [-0.2, 0) is 4.74 Å². The highest BCUT2D eigenvalue weighted by Crippen LogP contribution is 2.40. The molecule has 14 heavy (non-hydrogen) atoms. The summed E-state index contributed by atoms with van der Waals surface area (Å²) >= 11 is 0. The number of epoxide rings is 1. The highest BCUT2D eigenvalue weighted by molar-refractivity contribution is 4.91. The molecule has 0 aromatic heterocycles. The average molecular weight is 196 g/mol. The van der Waals surface area contributed by atoms with Crippen LogP contribution in [0.3, 0.4) is 0 Å². The summed E-state index contributed by atoms with van der Waals surface area (Å²) in [6.45, 7) is 4.55. The fourth-order valence-electron chi connectivity index (χ4n) is 2.38. The molecular formula is C13H24O. The third kappa shape index (κ3) is 2.98. The lowest BCUT2D eigenvalue weighted by Gasteiger charge is -2.15. The zero-order valence-corrected chi connectivity index (χ0v) is 9.67. The summed E-state index contributed by atoms with van der Waals surface area (Å²) in [5.41, 5.74) is 0. The summed E-state index contributed by atoms with van der Waals surface area (Å²) in [5, 5.41) is 0. The van der Waals surface area contributed by atoms with Crippen LogP contribution in [0.2, 0.25) is 0 Å². The van der Waals surface area contributed by atoms with Crippen molar-refractivity contribution >= 4 is 0 Å². The van der Waals surface area contributed by atoms with Gasteiger partial charge in [-0.05, 0) is 31.1 Å². The van der Waals surface area contributed by atoms with E-state index < -0.39 is 0 Å². The van der Waals surface area contributed by atoms with Gasteiger partial charge in [-0.15, -0.1) is 0 Å². The number of fused-ring (bicyclic) bond motifs is 1. The third-order valence-electron chi connectivity index (χ3n) is 3.96. The van der Waals surface area contributed by atoms with Crippen molar-refractivity contribution in [1.29, 1.82) is 0 Å². The van der Waals surface area contributed by atoms with Gasteiger partial charge in [0.1, 0.15) is 0 Å². The van der Waals surface area contributed by atoms with Crippen molar-refractivity contribution in [2.45, 2.75) is 71.0 Å². The van der Waals surface area contributed by atoms with Crippen molar-refractivity contribution in [1.82, 2.24) is 0 Å². The molecular weight excluding hydrogens is 172 g/mol. The van der Waals surface area contributed by atoms with E-state index in [4.69, 9.17) is 4.74 Å². The first-order chi connectivity index (χ1) is 6.83. The quantitative estimate of drug-likeness (QED) is 0.612. The maximum atomic E-state index is 5.41. The third-order valence-corrected chi connectivity index (χ3v) is 3.96. The van der Waals surface area contributed by atoms with Crippen molar-refractivity contribution in [3.8, 4) is 0 Å². The lowest BCUT2D eigenvalue weighted by atomic mass is 9.88. The van der Waals surface area contributed by atoms with E-state index in [-0.39, 0.29) is 0 Å². The summed E-state index contributed by atoms with van der Waals surface area (Å²) in [6.07, 6.45) is 11.3. The van der Waals surface area contributed by atoms with Crippen LogP contribution in [0.25, 0.3) is 0 Å². The Kier molecular flexibility index (Phi) is 3.48. The van der Waals surface area contributed by atoms with Gasteiger partial charge in [0.25, 0.3) is 0 Å². The Hall–Kier alpha value is -0.0400. The van der Waals surface area contributed by atoms with Gasteiger partial charge in [-0.3, -0.25) is 0 Å². The summed E-state index contributed by atoms with van der Waals surface area (Å²) in [5.74, 6) is 2.11. The van der Waals surface area contributed by atoms with Crippen molar-refractivity contribution in [3.63, 3.8) is 0 Å². The molecule has 0 spiro atoms. The molecule has 3 fully saturated rings. The highest BCUT2D eigenvalue weighted by Gasteiger charge is 2.43. The first kappa shape index (κ1) is 10.5. The minimum absolute atomic E-state index is 0.684. The van der Waals surface area contributed by atoms with Gasteiger partial charge in [0.15, 0.2) is 0 Å². The van der Waals surface area contributed by atoms with Crippen LogP contribution >= 0.6 is 0 Å². The monoisotopic (exact) mass is 196 g/mol. The second kappa shape index (κ2) is 4.65. The van der Waals surface area contributed by atoms with Crippen LogP contribution in [0.1, 0.15) is 58.8 Å². The van der Waals surface area contributed by atoms with Crippen molar-refractivity contribution in [3.05, 3.63) is 0 Å². The topological polar surface area (TPSA) is 12.5 Å². The van der Waals surface area contributed by atoms with Crippen molar-refractivity contribution < 1.29 is 4.74 Å². The van der Waals surface area contributed by atoms with E-state index in [1.54, 1.807) is 0 Å². The molecule has 3 unspecified atom stereocenters. The molecule has 3 atom stereocenters. The van der Waals surface area contributed by atoms with E-state index in [0.717, 1.165) is 11.8 Å². The molecule has 3 rings (SSSR count). The standard InChI is InChI=1S/C8H14O.C5H10/c1-2-6-3-4-7-8(5-6)9-7;1-2-5-3-4-5/h6-8H,2-5H2,1H3;5H,2-4H2,1H3. The Morgan fingerprint density at radius 1 is 0.857 bits per heavy atom. The van der Waals surface area contributed by atoms with Gasteiger partial charge in [-0.1, -0.05) is 39.5 Å². The minimum Gasteiger partial charge on any atom is -0.370 e. The second-order valence-corrected chi connectivity index (χ2v) is 5.15. The highest BCUT2D eigenvalue weighted by atomic mass is 16.6. The Labute approximate surface area is 88.2 Å². The number of ether oxygens (including phenoxy) is 1. The van der Waals surface area contributed by atoms with E-state index >= 15 is 0 Å². The molecule has 1 nitrogen and oxygen atoms in total. The molecule has 2 saturated carbocycles. The molecule has 0 N–H and O–H groups in total. The maximum absolute atomic E-state index is 5.41. The molecule has 2 aliphatic carbocycles. The van der Waals surface area contributed by atoms with Crippen molar-refractivity contribution in [2.75, 3.05) is 0 Å². The Morgan fingerprint density at radius 3 is 1.93 bits per heavy atom. The van der Waals surface area contributed by atoms with Crippen LogP contribution in [-0.4, -0.2) is 12.2 Å². The molecule has 0 bridgehead atoms. The molecule has 0 radical (unpaired) electrons. The molecule has 1 heterocycles. The van der Waals surface area contributed by atoms with Crippen LogP contribution < -0.4 is 0 Å². The molecule has 0 aromatic carbocycles. The average Bonchev–Trinajstić information content (AvgIpc) is 3.10. The van der Waals surface area contributed by atoms with Gasteiger partial charge >= 0.3 is 0 Å². The van der Waals surface area contributed by atoms with Gasteiger partial charge in [0.05, 0.1) is 12.2 Å². The Morgan fingerprint density at radius 2 is 1.50 bits per heavy atom. The lowest BCUT2D eigenvalue weighted by Crippen LogP contribution is -2.11. The summed E-state index contributed by atoms with van der Waals surface area (Å²) < 4.78 is 5.41. The first-order valence-electron chi connectivity index (χ1n) is 6.48. The smallest absolute Gasteiger partial charge is 0.0844 e. The van der Waals surface area contributed by atoms with E-state index in [9.17, 15) is 0 Å². The molecule has 1 saturated heterocycles.